The summed E-state index contributed by atoms with van der Waals surface area (Å²) in [5, 5.41) is 21.8. The van der Waals surface area contributed by atoms with E-state index in [4.69, 9.17) is 21.6 Å². The second-order valence-corrected chi connectivity index (χ2v) is 3.73. The fourth-order valence-corrected chi connectivity index (χ4v) is 1.41. The van der Waals surface area contributed by atoms with Gasteiger partial charge in [0.15, 0.2) is 0 Å². The largest absolute Gasteiger partial charge is 0.389 e. The van der Waals surface area contributed by atoms with E-state index < -0.39 is 6.10 Å². The fraction of sp³-hybridized carbons (Fsp3) is 0.364. The number of nitrogens with zero attached hydrogens (tertiary/aromatic N) is 1. The molecule has 1 atom stereocenters. The number of hydrogen-bond donors (Lipinski definition) is 2. The molecule has 0 fully saturated rings. The van der Waals surface area contributed by atoms with Crippen molar-refractivity contribution >= 4 is 17.3 Å². The first-order chi connectivity index (χ1) is 7.67. The van der Waals surface area contributed by atoms with Gasteiger partial charge in [0.2, 0.25) is 0 Å². The third kappa shape index (κ3) is 3.70. The molecule has 0 aliphatic heterocycles. The van der Waals surface area contributed by atoms with E-state index in [0.29, 0.717) is 22.8 Å². The Morgan fingerprint density at radius 2 is 2.38 bits per heavy atom. The molecule has 0 saturated heterocycles. The van der Waals surface area contributed by atoms with Crippen LogP contribution in [0.3, 0.4) is 0 Å². The van der Waals surface area contributed by atoms with Gasteiger partial charge < -0.3 is 15.2 Å². The van der Waals surface area contributed by atoms with Gasteiger partial charge in [-0.2, -0.15) is 5.26 Å². The maximum Gasteiger partial charge on any atom is 0.101 e. The third-order valence-electron chi connectivity index (χ3n) is 1.99. The third-order valence-corrected chi connectivity index (χ3v) is 2.22. The molecule has 86 valence electrons. The van der Waals surface area contributed by atoms with Crippen molar-refractivity contribution in [3.63, 3.8) is 0 Å². The highest BCUT2D eigenvalue weighted by Crippen LogP contribution is 2.19. The van der Waals surface area contributed by atoms with Crippen LogP contribution in [0, 0.1) is 11.3 Å². The summed E-state index contributed by atoms with van der Waals surface area (Å²) in [5.41, 5.74) is 1.11. The molecule has 0 aliphatic carbocycles. The predicted octanol–water partition coefficient (Wildman–Crippen LogP) is 1.63. The Bertz CT molecular complexity index is 390. The first-order valence-corrected chi connectivity index (χ1v) is 5.15. The number of anilines is 1. The smallest absolute Gasteiger partial charge is 0.101 e. The van der Waals surface area contributed by atoms with Crippen molar-refractivity contribution in [1.29, 1.82) is 5.26 Å². The van der Waals surface area contributed by atoms with Crippen LogP contribution in [0.15, 0.2) is 18.2 Å². The first-order valence-electron chi connectivity index (χ1n) is 4.78. The molecule has 0 spiro atoms. The number of rotatable bonds is 5. The van der Waals surface area contributed by atoms with Crippen molar-refractivity contribution < 1.29 is 9.84 Å². The molecular formula is C11H13ClN2O2. The van der Waals surface area contributed by atoms with Gasteiger partial charge in [-0.15, -0.1) is 0 Å². The lowest BCUT2D eigenvalue weighted by Gasteiger charge is -2.12. The standard InChI is InChI=1S/C11H13ClN2O2/c1-16-7-10(15)6-14-11-3-2-9(12)4-8(11)5-13/h2-4,10,14-15H,6-7H2,1H3. The van der Waals surface area contributed by atoms with Crippen molar-refractivity contribution in [1.82, 2.24) is 0 Å². The number of aliphatic hydroxyl groups excluding tert-OH is 1. The predicted molar refractivity (Wildman–Crippen MR) is 62.5 cm³/mol. The van der Waals surface area contributed by atoms with Gasteiger partial charge in [0.25, 0.3) is 0 Å². The van der Waals surface area contributed by atoms with Crippen LogP contribution in [0.1, 0.15) is 5.56 Å². The lowest BCUT2D eigenvalue weighted by Crippen LogP contribution is -2.24. The van der Waals surface area contributed by atoms with E-state index in [0.717, 1.165) is 0 Å². The van der Waals surface area contributed by atoms with Crippen LogP contribution in [-0.2, 0) is 4.74 Å². The number of halogens is 1. The van der Waals surface area contributed by atoms with Crippen molar-refractivity contribution in [2.45, 2.75) is 6.10 Å². The van der Waals surface area contributed by atoms with Gasteiger partial charge in [0.1, 0.15) is 6.07 Å². The highest BCUT2D eigenvalue weighted by molar-refractivity contribution is 6.30. The van der Waals surface area contributed by atoms with Crippen LogP contribution >= 0.6 is 11.6 Å². The lowest BCUT2D eigenvalue weighted by molar-refractivity contribution is 0.0727. The van der Waals surface area contributed by atoms with Crippen LogP contribution in [0.5, 0.6) is 0 Å². The number of nitrogens with one attached hydrogen (secondary N) is 1. The highest BCUT2D eigenvalue weighted by atomic mass is 35.5. The van der Waals surface area contributed by atoms with Crippen LogP contribution in [0.4, 0.5) is 5.69 Å². The average molecular weight is 241 g/mol. The average Bonchev–Trinajstić information content (AvgIpc) is 2.27. The number of ether oxygens (including phenoxy) is 1. The number of hydrogen-bond acceptors (Lipinski definition) is 4. The summed E-state index contributed by atoms with van der Waals surface area (Å²) in [6, 6.07) is 7.00. The summed E-state index contributed by atoms with van der Waals surface area (Å²) in [6.45, 7) is 0.576. The molecule has 1 aromatic rings. The Hall–Kier alpha value is -1.28. The molecule has 4 nitrogen and oxygen atoms in total. The minimum atomic E-state index is -0.604. The molecule has 0 saturated carbocycles. The Morgan fingerprint density at radius 3 is 3.00 bits per heavy atom. The maximum absolute atomic E-state index is 9.43. The number of benzene rings is 1. The van der Waals surface area contributed by atoms with Crippen LogP contribution in [0.25, 0.3) is 0 Å². The lowest BCUT2D eigenvalue weighted by atomic mass is 10.2. The molecule has 0 radical (unpaired) electrons. The van der Waals surface area contributed by atoms with Gasteiger partial charge in [-0.1, -0.05) is 11.6 Å². The van der Waals surface area contributed by atoms with E-state index in [2.05, 4.69) is 5.32 Å². The van der Waals surface area contributed by atoms with E-state index in [1.54, 1.807) is 18.2 Å². The number of aliphatic hydroxyl groups is 1. The van der Waals surface area contributed by atoms with Crippen LogP contribution in [-0.4, -0.2) is 31.5 Å². The summed E-state index contributed by atoms with van der Waals surface area (Å²) in [7, 11) is 1.52. The molecule has 0 bridgehead atoms. The Balaban J connectivity index is 2.64. The van der Waals surface area contributed by atoms with E-state index >= 15 is 0 Å². The van der Waals surface area contributed by atoms with Crippen molar-refractivity contribution in [2.75, 3.05) is 25.6 Å². The summed E-state index contributed by atoms with van der Waals surface area (Å²) >= 11 is 5.76. The van der Waals surface area contributed by atoms with Crippen molar-refractivity contribution in [2.24, 2.45) is 0 Å². The molecular weight excluding hydrogens is 228 g/mol. The minimum absolute atomic E-state index is 0.252. The normalized spacial score (nSPS) is 11.9. The van der Waals surface area contributed by atoms with Gasteiger partial charge in [-0.25, -0.2) is 0 Å². The summed E-state index contributed by atoms with van der Waals surface area (Å²) in [6.07, 6.45) is -0.604. The van der Waals surface area contributed by atoms with Crippen LogP contribution < -0.4 is 5.32 Å². The van der Waals surface area contributed by atoms with Gasteiger partial charge in [-0.3, -0.25) is 0 Å². The van der Waals surface area contributed by atoms with E-state index in [9.17, 15) is 5.11 Å². The molecule has 0 heterocycles. The van der Waals surface area contributed by atoms with E-state index in [-0.39, 0.29) is 6.61 Å². The first kappa shape index (κ1) is 12.8. The zero-order valence-corrected chi connectivity index (χ0v) is 9.66. The second kappa shape index (κ2) is 6.33. The minimum Gasteiger partial charge on any atom is -0.389 e. The number of methoxy groups -OCH3 is 1. The molecule has 1 rings (SSSR count). The Kier molecular flexibility index (Phi) is 5.06. The topological polar surface area (TPSA) is 65.3 Å². The molecule has 0 amide bonds. The summed E-state index contributed by atoms with van der Waals surface area (Å²) in [4.78, 5) is 0. The van der Waals surface area contributed by atoms with Crippen molar-refractivity contribution in [3.05, 3.63) is 28.8 Å². The Morgan fingerprint density at radius 1 is 1.62 bits per heavy atom. The Labute approximate surface area is 99.4 Å². The second-order valence-electron chi connectivity index (χ2n) is 3.29. The summed E-state index contributed by atoms with van der Waals surface area (Å²) < 4.78 is 4.79. The molecule has 2 N–H and O–H groups in total. The van der Waals surface area contributed by atoms with Crippen molar-refractivity contribution in [3.8, 4) is 6.07 Å². The van der Waals surface area contributed by atoms with Gasteiger partial charge in [-0.05, 0) is 18.2 Å². The highest BCUT2D eigenvalue weighted by Gasteiger charge is 2.06. The quantitative estimate of drug-likeness (QED) is 0.821. The van der Waals surface area contributed by atoms with E-state index in [1.165, 1.54) is 7.11 Å². The fourth-order valence-electron chi connectivity index (χ4n) is 1.24. The molecule has 1 aromatic carbocycles. The van der Waals surface area contributed by atoms with E-state index in [1.807, 2.05) is 6.07 Å². The van der Waals surface area contributed by atoms with Crippen LogP contribution in [0.2, 0.25) is 5.02 Å². The maximum atomic E-state index is 9.43. The number of nitriles is 1. The molecule has 0 aromatic heterocycles. The SMILES string of the molecule is COCC(O)CNc1ccc(Cl)cc1C#N. The summed E-state index contributed by atoms with van der Waals surface area (Å²) in [5.74, 6) is 0. The van der Waals surface area contributed by atoms with Gasteiger partial charge in [0, 0.05) is 18.7 Å². The van der Waals surface area contributed by atoms with Gasteiger partial charge >= 0.3 is 0 Å². The molecule has 1 unspecified atom stereocenters. The zero-order chi connectivity index (χ0) is 12.0. The molecule has 16 heavy (non-hydrogen) atoms. The molecule has 0 aliphatic rings. The van der Waals surface area contributed by atoms with Gasteiger partial charge in [0.05, 0.1) is 24.0 Å². The zero-order valence-electron chi connectivity index (χ0n) is 8.90. The monoisotopic (exact) mass is 240 g/mol. The molecule has 5 heteroatoms.